The van der Waals surface area contributed by atoms with Gasteiger partial charge in [-0.15, -0.1) is 0 Å². The number of nitrogens with zero attached hydrogens (tertiary/aromatic N) is 1. The standard InChI is InChI=1S/C14H20ClNO4/c1-10(17)3-5-20-11-7-12(16-13(15)8-11)14(18-2)4-6-19-9-14/h7-8,10,17H,3-6,9H2,1-2H3/t10-,14-/m0/s1. The molecule has 0 radical (unpaired) electrons. The molecule has 0 unspecified atom stereocenters. The Labute approximate surface area is 123 Å². The topological polar surface area (TPSA) is 60.8 Å². The zero-order valence-electron chi connectivity index (χ0n) is 11.8. The molecule has 0 aromatic carbocycles. The summed E-state index contributed by atoms with van der Waals surface area (Å²) < 4.78 is 16.6. The van der Waals surface area contributed by atoms with Crippen molar-refractivity contribution in [1.29, 1.82) is 0 Å². The molecule has 20 heavy (non-hydrogen) atoms. The third kappa shape index (κ3) is 3.61. The maximum Gasteiger partial charge on any atom is 0.135 e. The van der Waals surface area contributed by atoms with E-state index in [0.717, 1.165) is 12.1 Å². The number of aromatic nitrogens is 1. The molecular weight excluding hydrogens is 282 g/mol. The van der Waals surface area contributed by atoms with Gasteiger partial charge in [0.15, 0.2) is 0 Å². The van der Waals surface area contributed by atoms with Gasteiger partial charge >= 0.3 is 0 Å². The second-order valence-electron chi connectivity index (χ2n) is 5.00. The summed E-state index contributed by atoms with van der Waals surface area (Å²) in [5, 5.41) is 9.60. The molecule has 0 bridgehead atoms. The Kier molecular flexibility index (Phi) is 5.21. The van der Waals surface area contributed by atoms with Gasteiger partial charge in [-0.25, -0.2) is 4.98 Å². The summed E-state index contributed by atoms with van der Waals surface area (Å²) in [4.78, 5) is 4.33. The van der Waals surface area contributed by atoms with E-state index in [-0.39, 0.29) is 6.10 Å². The van der Waals surface area contributed by atoms with Crippen LogP contribution in [0.2, 0.25) is 5.15 Å². The first-order valence-corrected chi connectivity index (χ1v) is 7.05. The summed E-state index contributed by atoms with van der Waals surface area (Å²) in [5.74, 6) is 0.629. The highest BCUT2D eigenvalue weighted by atomic mass is 35.5. The lowest BCUT2D eigenvalue weighted by atomic mass is 9.98. The van der Waals surface area contributed by atoms with Crippen molar-refractivity contribution in [3.8, 4) is 5.75 Å². The van der Waals surface area contributed by atoms with Crippen LogP contribution in [0.15, 0.2) is 12.1 Å². The van der Waals surface area contributed by atoms with Gasteiger partial charge in [-0.3, -0.25) is 0 Å². The molecule has 112 valence electrons. The predicted molar refractivity (Wildman–Crippen MR) is 75.2 cm³/mol. The minimum absolute atomic E-state index is 0.359. The van der Waals surface area contributed by atoms with E-state index in [1.54, 1.807) is 20.1 Å². The van der Waals surface area contributed by atoms with Gasteiger partial charge in [0.25, 0.3) is 0 Å². The smallest absolute Gasteiger partial charge is 0.135 e. The molecule has 0 saturated carbocycles. The van der Waals surface area contributed by atoms with Gasteiger partial charge in [-0.2, -0.15) is 0 Å². The summed E-state index contributed by atoms with van der Waals surface area (Å²) >= 11 is 6.05. The van der Waals surface area contributed by atoms with Crippen LogP contribution in [0.1, 0.15) is 25.5 Å². The number of halogens is 1. The van der Waals surface area contributed by atoms with Gasteiger partial charge in [0, 0.05) is 38.7 Å². The summed E-state index contributed by atoms with van der Waals surface area (Å²) in [6, 6.07) is 3.48. The summed E-state index contributed by atoms with van der Waals surface area (Å²) in [6.45, 7) is 3.25. The summed E-state index contributed by atoms with van der Waals surface area (Å²) in [7, 11) is 1.64. The fraction of sp³-hybridized carbons (Fsp3) is 0.643. The molecule has 2 rings (SSSR count). The fourth-order valence-corrected chi connectivity index (χ4v) is 2.35. The van der Waals surface area contributed by atoms with E-state index in [0.29, 0.717) is 37.1 Å². The molecule has 2 heterocycles. The molecule has 0 aliphatic carbocycles. The first-order chi connectivity index (χ1) is 9.55. The Morgan fingerprint density at radius 3 is 2.95 bits per heavy atom. The van der Waals surface area contributed by atoms with Crippen LogP contribution in [0, 0.1) is 0 Å². The Morgan fingerprint density at radius 2 is 2.35 bits per heavy atom. The van der Waals surface area contributed by atoms with E-state index in [1.807, 2.05) is 6.07 Å². The van der Waals surface area contributed by atoms with E-state index in [4.69, 9.17) is 25.8 Å². The Hall–Kier alpha value is -0.880. The van der Waals surface area contributed by atoms with Crippen LogP contribution >= 0.6 is 11.6 Å². The number of rotatable bonds is 6. The highest BCUT2D eigenvalue weighted by Gasteiger charge is 2.38. The minimum atomic E-state index is -0.548. The SMILES string of the molecule is CO[C@@]1(c2cc(OCC[C@H](C)O)cc(Cl)n2)CCOC1. The van der Waals surface area contributed by atoms with E-state index in [1.165, 1.54) is 0 Å². The van der Waals surface area contributed by atoms with Gasteiger partial charge in [-0.1, -0.05) is 11.6 Å². The van der Waals surface area contributed by atoms with Crippen LogP contribution in [0.25, 0.3) is 0 Å². The Morgan fingerprint density at radius 1 is 1.55 bits per heavy atom. The molecule has 0 spiro atoms. The van der Waals surface area contributed by atoms with Crippen LogP contribution in [0.3, 0.4) is 0 Å². The number of methoxy groups -OCH3 is 1. The second-order valence-corrected chi connectivity index (χ2v) is 5.39. The van der Waals surface area contributed by atoms with Gasteiger partial charge in [0.1, 0.15) is 16.5 Å². The molecule has 1 aromatic heterocycles. The fourth-order valence-electron chi connectivity index (χ4n) is 2.15. The minimum Gasteiger partial charge on any atom is -0.493 e. The first-order valence-electron chi connectivity index (χ1n) is 6.67. The largest absolute Gasteiger partial charge is 0.493 e. The van der Waals surface area contributed by atoms with Crippen molar-refractivity contribution in [2.45, 2.75) is 31.5 Å². The lowest BCUT2D eigenvalue weighted by molar-refractivity contribution is -0.0247. The lowest BCUT2D eigenvalue weighted by Gasteiger charge is -2.25. The van der Waals surface area contributed by atoms with Crippen molar-refractivity contribution in [2.75, 3.05) is 26.9 Å². The first kappa shape index (κ1) is 15.5. The summed E-state index contributed by atoms with van der Waals surface area (Å²) in [6.07, 6.45) is 0.915. The van der Waals surface area contributed by atoms with Crippen molar-refractivity contribution in [3.63, 3.8) is 0 Å². The van der Waals surface area contributed by atoms with Crippen molar-refractivity contribution in [2.24, 2.45) is 0 Å². The zero-order valence-corrected chi connectivity index (χ0v) is 12.5. The van der Waals surface area contributed by atoms with E-state index < -0.39 is 5.60 Å². The molecule has 1 aliphatic rings. The van der Waals surface area contributed by atoms with Crippen LogP contribution in [0.4, 0.5) is 0 Å². The monoisotopic (exact) mass is 301 g/mol. The van der Waals surface area contributed by atoms with Crippen molar-refractivity contribution in [3.05, 3.63) is 23.0 Å². The quantitative estimate of drug-likeness (QED) is 0.816. The molecule has 5 nitrogen and oxygen atoms in total. The zero-order chi connectivity index (χ0) is 14.6. The average Bonchev–Trinajstić information content (AvgIpc) is 2.87. The molecular formula is C14H20ClNO4. The summed E-state index contributed by atoms with van der Waals surface area (Å²) in [5.41, 5.74) is 0.171. The Bertz CT molecular complexity index is 447. The van der Waals surface area contributed by atoms with Crippen LogP contribution in [0.5, 0.6) is 5.75 Å². The molecule has 1 aromatic rings. The van der Waals surface area contributed by atoms with E-state index in [9.17, 15) is 5.11 Å². The number of pyridine rings is 1. The normalized spacial score (nSPS) is 23.8. The molecule has 1 N–H and O–H groups in total. The van der Waals surface area contributed by atoms with Crippen LogP contribution in [-0.2, 0) is 15.1 Å². The number of hydrogen-bond acceptors (Lipinski definition) is 5. The highest BCUT2D eigenvalue weighted by molar-refractivity contribution is 6.29. The van der Waals surface area contributed by atoms with Crippen molar-refractivity contribution >= 4 is 11.6 Å². The maximum absolute atomic E-state index is 9.24. The Balaban J connectivity index is 2.15. The van der Waals surface area contributed by atoms with Crippen molar-refractivity contribution < 1.29 is 19.3 Å². The van der Waals surface area contributed by atoms with Gasteiger partial charge in [0.05, 0.1) is 25.0 Å². The second kappa shape index (κ2) is 6.72. The number of hydrogen-bond donors (Lipinski definition) is 1. The number of aliphatic hydroxyl groups excluding tert-OH is 1. The molecule has 1 aliphatic heterocycles. The van der Waals surface area contributed by atoms with Gasteiger partial charge in [-0.05, 0) is 6.92 Å². The van der Waals surface area contributed by atoms with Crippen molar-refractivity contribution in [1.82, 2.24) is 4.98 Å². The number of aliphatic hydroxyl groups is 1. The molecule has 6 heteroatoms. The molecule has 2 atom stereocenters. The highest BCUT2D eigenvalue weighted by Crippen LogP contribution is 2.35. The molecule has 1 fully saturated rings. The molecule has 1 saturated heterocycles. The molecule has 0 amide bonds. The van der Waals surface area contributed by atoms with Crippen LogP contribution < -0.4 is 4.74 Å². The average molecular weight is 302 g/mol. The third-order valence-electron chi connectivity index (χ3n) is 3.41. The van der Waals surface area contributed by atoms with E-state index in [2.05, 4.69) is 4.98 Å². The van der Waals surface area contributed by atoms with Crippen LogP contribution in [-0.4, -0.2) is 43.1 Å². The van der Waals surface area contributed by atoms with E-state index >= 15 is 0 Å². The maximum atomic E-state index is 9.24. The predicted octanol–water partition coefficient (Wildman–Crippen LogP) is 2.15. The van der Waals surface area contributed by atoms with Gasteiger partial charge < -0.3 is 19.3 Å². The number of ether oxygens (including phenoxy) is 3. The van der Waals surface area contributed by atoms with Gasteiger partial charge in [0.2, 0.25) is 0 Å². The third-order valence-corrected chi connectivity index (χ3v) is 3.61. The lowest BCUT2D eigenvalue weighted by Crippen LogP contribution is -2.30.